The molecule has 122 valence electrons. The van der Waals surface area contributed by atoms with Crippen molar-refractivity contribution in [3.63, 3.8) is 0 Å². The first-order valence-corrected chi connectivity index (χ1v) is 7.23. The first kappa shape index (κ1) is 15.7. The van der Waals surface area contributed by atoms with Crippen molar-refractivity contribution in [2.75, 3.05) is 7.11 Å². The Kier molecular flexibility index (Phi) is 4.29. The number of rotatable bonds is 3. The molecule has 24 heavy (non-hydrogen) atoms. The van der Waals surface area contributed by atoms with Crippen LogP contribution in [-0.2, 0) is 0 Å². The van der Waals surface area contributed by atoms with Gasteiger partial charge < -0.3 is 9.47 Å². The normalized spacial score (nSPS) is 10.5. The minimum atomic E-state index is -0.577. The van der Waals surface area contributed by atoms with Crippen LogP contribution in [0.1, 0.15) is 5.56 Å². The number of nitrogens with zero attached hydrogens (tertiary/aromatic N) is 2. The van der Waals surface area contributed by atoms with E-state index in [-0.39, 0.29) is 5.75 Å². The number of aryl methyl sites for hydroxylation is 1. The summed E-state index contributed by atoms with van der Waals surface area (Å²) in [6, 6.07) is 11.5. The lowest BCUT2D eigenvalue weighted by Crippen LogP contribution is -2.14. The predicted molar refractivity (Wildman–Crippen MR) is 86.8 cm³/mol. The molecule has 0 spiro atoms. The zero-order chi connectivity index (χ0) is 17.1. The lowest BCUT2D eigenvalue weighted by molar-refractivity contribution is 0.202. The van der Waals surface area contributed by atoms with Crippen LogP contribution in [0.2, 0.25) is 0 Å². The third-order valence-corrected chi connectivity index (χ3v) is 3.47. The molecule has 1 aromatic heterocycles. The molecule has 6 heteroatoms. The number of aromatic nitrogens is 2. The Bertz CT molecular complexity index is 872. The van der Waals surface area contributed by atoms with Crippen molar-refractivity contribution < 1.29 is 18.7 Å². The van der Waals surface area contributed by atoms with Crippen molar-refractivity contribution >= 4 is 6.09 Å². The van der Waals surface area contributed by atoms with E-state index in [0.29, 0.717) is 17.0 Å². The highest BCUT2D eigenvalue weighted by atomic mass is 19.1. The molecule has 0 radical (unpaired) electrons. The maximum absolute atomic E-state index is 13.5. The number of ether oxygens (including phenoxy) is 2. The molecule has 0 N–H and O–H groups in total. The number of benzene rings is 2. The zero-order valence-electron chi connectivity index (χ0n) is 13.2. The van der Waals surface area contributed by atoms with Crippen LogP contribution in [0.15, 0.2) is 55.0 Å². The van der Waals surface area contributed by atoms with Gasteiger partial charge in [0.15, 0.2) is 11.6 Å². The Morgan fingerprint density at radius 2 is 1.92 bits per heavy atom. The van der Waals surface area contributed by atoms with Gasteiger partial charge in [-0.05, 0) is 37.3 Å². The van der Waals surface area contributed by atoms with E-state index in [2.05, 4.69) is 4.98 Å². The highest BCUT2D eigenvalue weighted by Crippen LogP contribution is 2.25. The molecule has 0 atom stereocenters. The zero-order valence-corrected chi connectivity index (χ0v) is 13.2. The average molecular weight is 326 g/mol. The number of carbonyl (C=O) groups excluding carboxylic acids is 1. The molecule has 3 aromatic rings. The summed E-state index contributed by atoms with van der Waals surface area (Å²) in [6.45, 7) is 1.95. The summed E-state index contributed by atoms with van der Waals surface area (Å²) >= 11 is 0. The van der Waals surface area contributed by atoms with E-state index in [9.17, 15) is 9.18 Å². The van der Waals surface area contributed by atoms with E-state index in [0.717, 1.165) is 5.56 Å². The van der Waals surface area contributed by atoms with E-state index < -0.39 is 11.9 Å². The topological polar surface area (TPSA) is 53.4 Å². The van der Waals surface area contributed by atoms with Gasteiger partial charge in [-0.3, -0.25) is 0 Å². The van der Waals surface area contributed by atoms with Gasteiger partial charge >= 0.3 is 6.09 Å². The van der Waals surface area contributed by atoms with Crippen molar-refractivity contribution in [3.05, 3.63) is 66.4 Å². The summed E-state index contributed by atoms with van der Waals surface area (Å²) in [7, 11) is 1.39. The van der Waals surface area contributed by atoms with Crippen LogP contribution in [0.25, 0.3) is 11.3 Å². The van der Waals surface area contributed by atoms with E-state index in [1.165, 1.54) is 36.3 Å². The average Bonchev–Trinajstić information content (AvgIpc) is 3.07. The third-order valence-electron chi connectivity index (χ3n) is 3.47. The molecule has 1 heterocycles. The van der Waals surface area contributed by atoms with Gasteiger partial charge in [0.1, 0.15) is 12.1 Å². The van der Waals surface area contributed by atoms with Crippen molar-refractivity contribution in [1.82, 2.24) is 9.55 Å². The highest BCUT2D eigenvalue weighted by Gasteiger charge is 2.12. The summed E-state index contributed by atoms with van der Waals surface area (Å²) in [5.41, 5.74) is 2.22. The Morgan fingerprint density at radius 1 is 1.17 bits per heavy atom. The lowest BCUT2D eigenvalue weighted by atomic mass is 10.1. The summed E-state index contributed by atoms with van der Waals surface area (Å²) in [6.07, 6.45) is 2.29. The van der Waals surface area contributed by atoms with Crippen LogP contribution in [0.4, 0.5) is 9.18 Å². The van der Waals surface area contributed by atoms with Crippen molar-refractivity contribution in [2.24, 2.45) is 0 Å². The minimum Gasteiger partial charge on any atom is -0.494 e. The fraction of sp³-hybridized carbons (Fsp3) is 0.111. The molecule has 0 amide bonds. The summed E-state index contributed by atoms with van der Waals surface area (Å²) in [5, 5.41) is 0. The molecule has 3 rings (SSSR count). The molecular formula is C18H15FN2O3. The van der Waals surface area contributed by atoms with Crippen molar-refractivity contribution in [3.8, 4) is 22.8 Å². The van der Waals surface area contributed by atoms with Gasteiger partial charge in [-0.2, -0.15) is 0 Å². The molecule has 0 saturated carbocycles. The lowest BCUT2D eigenvalue weighted by Gasteiger charge is -2.04. The van der Waals surface area contributed by atoms with E-state index in [4.69, 9.17) is 9.47 Å². The summed E-state index contributed by atoms with van der Waals surface area (Å²) in [5.74, 6) is 0.105. The van der Waals surface area contributed by atoms with Crippen LogP contribution in [0.5, 0.6) is 11.5 Å². The Hall–Kier alpha value is -3.15. The molecular weight excluding hydrogens is 311 g/mol. The van der Waals surface area contributed by atoms with E-state index >= 15 is 0 Å². The van der Waals surface area contributed by atoms with Crippen LogP contribution < -0.4 is 9.47 Å². The predicted octanol–water partition coefficient (Wildman–Crippen LogP) is 4.05. The second-order valence-corrected chi connectivity index (χ2v) is 5.20. The van der Waals surface area contributed by atoms with Gasteiger partial charge in [0.2, 0.25) is 0 Å². The molecule has 0 aliphatic heterocycles. The fourth-order valence-electron chi connectivity index (χ4n) is 2.15. The molecule has 2 aromatic carbocycles. The smallest absolute Gasteiger partial charge is 0.424 e. The number of hydrogen-bond acceptors (Lipinski definition) is 4. The minimum absolute atomic E-state index is 0.115. The van der Waals surface area contributed by atoms with Crippen LogP contribution in [0.3, 0.4) is 0 Å². The maximum Gasteiger partial charge on any atom is 0.424 e. The van der Waals surface area contributed by atoms with Crippen LogP contribution in [-0.4, -0.2) is 22.8 Å². The van der Waals surface area contributed by atoms with Gasteiger partial charge in [0.25, 0.3) is 0 Å². The number of halogens is 1. The standard InChI is InChI=1S/C18H15FN2O3/c1-12-3-6-14(7-4-12)24-18(22)21-10-16(20-11-21)13-5-8-15(19)17(9-13)23-2/h3-11H,1-2H3. The molecule has 5 nitrogen and oxygen atoms in total. The Balaban J connectivity index is 1.79. The van der Waals surface area contributed by atoms with Crippen molar-refractivity contribution in [2.45, 2.75) is 6.92 Å². The van der Waals surface area contributed by atoms with Crippen molar-refractivity contribution in [1.29, 1.82) is 0 Å². The fourth-order valence-corrected chi connectivity index (χ4v) is 2.15. The molecule has 0 fully saturated rings. The molecule has 0 aliphatic carbocycles. The first-order chi connectivity index (χ1) is 11.6. The number of imidazole rings is 1. The Morgan fingerprint density at radius 3 is 2.62 bits per heavy atom. The number of methoxy groups -OCH3 is 1. The number of carbonyl (C=O) groups is 1. The molecule has 0 saturated heterocycles. The Labute approximate surface area is 138 Å². The van der Waals surface area contributed by atoms with E-state index in [1.807, 2.05) is 19.1 Å². The monoisotopic (exact) mass is 326 g/mol. The third kappa shape index (κ3) is 3.27. The number of hydrogen-bond donors (Lipinski definition) is 0. The SMILES string of the molecule is COc1cc(-c2cn(C(=O)Oc3ccc(C)cc3)cn2)ccc1F. The van der Waals surface area contributed by atoms with Gasteiger partial charge in [-0.1, -0.05) is 17.7 Å². The van der Waals surface area contributed by atoms with Gasteiger partial charge in [-0.15, -0.1) is 0 Å². The largest absolute Gasteiger partial charge is 0.494 e. The quantitative estimate of drug-likeness (QED) is 0.728. The summed E-state index contributed by atoms with van der Waals surface area (Å²) in [4.78, 5) is 16.3. The molecule has 0 bridgehead atoms. The van der Waals surface area contributed by atoms with E-state index in [1.54, 1.807) is 18.2 Å². The summed E-state index contributed by atoms with van der Waals surface area (Å²) < 4.78 is 24.9. The maximum atomic E-state index is 13.5. The second-order valence-electron chi connectivity index (χ2n) is 5.20. The van der Waals surface area contributed by atoms with Crippen LogP contribution in [0, 0.1) is 12.7 Å². The van der Waals surface area contributed by atoms with Gasteiger partial charge in [0.05, 0.1) is 12.8 Å². The highest BCUT2D eigenvalue weighted by molar-refractivity contribution is 5.75. The first-order valence-electron chi connectivity index (χ1n) is 7.23. The van der Waals surface area contributed by atoms with Gasteiger partial charge in [0, 0.05) is 11.8 Å². The molecule has 0 aliphatic rings. The van der Waals surface area contributed by atoms with Crippen LogP contribution >= 0.6 is 0 Å². The van der Waals surface area contributed by atoms with Gasteiger partial charge in [-0.25, -0.2) is 18.7 Å². The molecule has 0 unspecified atom stereocenters. The second kappa shape index (κ2) is 6.54.